The molecule has 0 radical (unpaired) electrons. The van der Waals surface area contributed by atoms with E-state index in [1.807, 2.05) is 45.4 Å². The Balaban J connectivity index is 1.46. The maximum atomic E-state index is 12.8. The van der Waals surface area contributed by atoms with E-state index in [9.17, 15) is 9.59 Å². The van der Waals surface area contributed by atoms with Gasteiger partial charge in [0.25, 0.3) is 5.91 Å². The first-order valence-electron chi connectivity index (χ1n) is 10.6. The predicted molar refractivity (Wildman–Crippen MR) is 126 cm³/mol. The minimum atomic E-state index is -0.311. The third-order valence-electron chi connectivity index (χ3n) is 5.08. The summed E-state index contributed by atoms with van der Waals surface area (Å²) in [5, 5.41) is 18.3. The van der Waals surface area contributed by atoms with Gasteiger partial charge in [-0.1, -0.05) is 6.07 Å². The highest BCUT2D eigenvalue weighted by molar-refractivity contribution is 6.04. The molecule has 0 spiro atoms. The number of aromatic nitrogens is 5. The highest BCUT2D eigenvalue weighted by Gasteiger charge is 2.13. The first-order valence-corrected chi connectivity index (χ1v) is 10.6. The maximum absolute atomic E-state index is 12.8. The molecule has 0 bridgehead atoms. The molecular weight excluding hydrogens is 420 g/mol. The molecule has 170 valence electrons. The fraction of sp³-hybridized carbons (Fsp3) is 0.261. The number of hydrogen-bond acceptors (Lipinski definition) is 6. The second kappa shape index (κ2) is 9.61. The first kappa shape index (κ1) is 22.2. The standard InChI is InChI=1S/C23H26N8O2/c1-15-18(13-30(3)28-15)20-5-4-6-21(27-20)23(33)26-17-7-8-19-16(11-17)12-31(29-19)14-22(32)25-10-9-24-2/h4-8,11-13,24H,9-10,14H2,1-3H3,(H,25,32)(H,26,33). The number of nitrogens with zero attached hydrogens (tertiary/aromatic N) is 5. The number of fused-ring (bicyclic) bond motifs is 1. The number of aryl methyl sites for hydroxylation is 2. The number of pyridine rings is 1. The molecule has 0 unspecified atom stereocenters. The third-order valence-corrected chi connectivity index (χ3v) is 5.08. The van der Waals surface area contributed by atoms with E-state index in [4.69, 9.17) is 0 Å². The summed E-state index contributed by atoms with van der Waals surface area (Å²) in [6.45, 7) is 3.30. The van der Waals surface area contributed by atoms with Crippen molar-refractivity contribution in [2.75, 3.05) is 25.5 Å². The van der Waals surface area contributed by atoms with Crippen LogP contribution in [0.1, 0.15) is 16.2 Å². The number of likely N-dealkylation sites (N-methyl/N-ethyl adjacent to an activating group) is 1. The zero-order valence-electron chi connectivity index (χ0n) is 18.8. The molecule has 0 saturated heterocycles. The third kappa shape index (κ3) is 5.24. The Morgan fingerprint density at radius 1 is 1.06 bits per heavy atom. The average Bonchev–Trinajstić information content (AvgIpc) is 3.34. The smallest absolute Gasteiger partial charge is 0.274 e. The molecule has 4 aromatic rings. The molecule has 0 aliphatic rings. The second-order valence-electron chi connectivity index (χ2n) is 7.72. The van der Waals surface area contributed by atoms with Gasteiger partial charge in [0.15, 0.2) is 0 Å². The van der Waals surface area contributed by atoms with Gasteiger partial charge < -0.3 is 16.0 Å². The molecule has 3 aromatic heterocycles. The van der Waals surface area contributed by atoms with E-state index in [2.05, 4.69) is 31.1 Å². The van der Waals surface area contributed by atoms with Crippen LogP contribution >= 0.6 is 0 Å². The molecule has 10 nitrogen and oxygen atoms in total. The van der Waals surface area contributed by atoms with Crippen LogP contribution in [0.4, 0.5) is 5.69 Å². The van der Waals surface area contributed by atoms with Crippen molar-refractivity contribution in [2.24, 2.45) is 7.05 Å². The molecular formula is C23H26N8O2. The van der Waals surface area contributed by atoms with Gasteiger partial charge in [0.2, 0.25) is 5.91 Å². The van der Waals surface area contributed by atoms with Crippen molar-refractivity contribution in [1.29, 1.82) is 0 Å². The van der Waals surface area contributed by atoms with E-state index in [1.54, 1.807) is 33.8 Å². The fourth-order valence-corrected chi connectivity index (χ4v) is 3.52. The number of anilines is 1. The molecule has 3 N–H and O–H groups in total. The molecule has 33 heavy (non-hydrogen) atoms. The van der Waals surface area contributed by atoms with Crippen molar-refractivity contribution >= 4 is 28.4 Å². The van der Waals surface area contributed by atoms with Gasteiger partial charge in [0.05, 0.1) is 16.9 Å². The number of carbonyl (C=O) groups excluding carboxylic acids is 2. The highest BCUT2D eigenvalue weighted by atomic mass is 16.2. The summed E-state index contributed by atoms with van der Waals surface area (Å²) in [6.07, 6.45) is 3.67. The number of carbonyl (C=O) groups is 2. The Bertz CT molecular complexity index is 1310. The molecule has 0 fully saturated rings. The van der Waals surface area contributed by atoms with Crippen LogP contribution in [0.25, 0.3) is 22.2 Å². The molecule has 10 heteroatoms. The number of hydrogen-bond donors (Lipinski definition) is 3. The Labute approximate surface area is 191 Å². The molecule has 2 amide bonds. The van der Waals surface area contributed by atoms with E-state index >= 15 is 0 Å². The van der Waals surface area contributed by atoms with Crippen molar-refractivity contribution in [3.63, 3.8) is 0 Å². The van der Waals surface area contributed by atoms with Gasteiger partial charge in [-0.15, -0.1) is 0 Å². The van der Waals surface area contributed by atoms with Crippen LogP contribution < -0.4 is 16.0 Å². The molecule has 0 aliphatic heterocycles. The maximum Gasteiger partial charge on any atom is 0.274 e. The van der Waals surface area contributed by atoms with Crippen molar-refractivity contribution in [1.82, 2.24) is 35.2 Å². The minimum Gasteiger partial charge on any atom is -0.353 e. The summed E-state index contributed by atoms with van der Waals surface area (Å²) in [7, 11) is 3.68. The van der Waals surface area contributed by atoms with Gasteiger partial charge in [0, 0.05) is 49.2 Å². The lowest BCUT2D eigenvalue weighted by molar-refractivity contribution is -0.121. The van der Waals surface area contributed by atoms with Crippen LogP contribution in [-0.2, 0) is 18.4 Å². The van der Waals surface area contributed by atoms with Crippen LogP contribution in [0.5, 0.6) is 0 Å². The summed E-state index contributed by atoms with van der Waals surface area (Å²) in [5.74, 6) is -0.421. The summed E-state index contributed by atoms with van der Waals surface area (Å²) in [6, 6.07) is 10.7. The number of rotatable bonds is 8. The van der Waals surface area contributed by atoms with E-state index in [-0.39, 0.29) is 18.4 Å². The lowest BCUT2D eigenvalue weighted by atomic mass is 10.1. The number of benzene rings is 1. The van der Waals surface area contributed by atoms with Crippen LogP contribution in [0.2, 0.25) is 0 Å². The van der Waals surface area contributed by atoms with Crippen molar-refractivity contribution < 1.29 is 9.59 Å². The normalized spacial score (nSPS) is 11.0. The van der Waals surface area contributed by atoms with Crippen LogP contribution in [-0.4, -0.2) is 56.5 Å². The number of amides is 2. The Morgan fingerprint density at radius 2 is 1.91 bits per heavy atom. The van der Waals surface area contributed by atoms with Gasteiger partial charge in [-0.05, 0) is 44.3 Å². The van der Waals surface area contributed by atoms with Gasteiger partial charge in [-0.2, -0.15) is 10.2 Å². The topological polar surface area (TPSA) is 119 Å². The zero-order valence-corrected chi connectivity index (χ0v) is 18.8. The van der Waals surface area contributed by atoms with Crippen molar-refractivity contribution in [2.45, 2.75) is 13.5 Å². The molecule has 0 saturated carbocycles. The van der Waals surface area contributed by atoms with E-state index in [0.717, 1.165) is 22.2 Å². The Hall–Kier alpha value is -4.05. The molecule has 0 aliphatic carbocycles. The Kier molecular flexibility index (Phi) is 6.45. The zero-order chi connectivity index (χ0) is 23.4. The van der Waals surface area contributed by atoms with Crippen LogP contribution in [0.3, 0.4) is 0 Å². The van der Waals surface area contributed by atoms with Gasteiger partial charge >= 0.3 is 0 Å². The van der Waals surface area contributed by atoms with Crippen molar-refractivity contribution in [3.8, 4) is 11.3 Å². The van der Waals surface area contributed by atoms with E-state index < -0.39 is 0 Å². The summed E-state index contributed by atoms with van der Waals surface area (Å²) in [4.78, 5) is 29.4. The minimum absolute atomic E-state index is 0.110. The summed E-state index contributed by atoms with van der Waals surface area (Å²) in [5.41, 5.74) is 4.10. The van der Waals surface area contributed by atoms with E-state index in [0.29, 0.717) is 30.2 Å². The van der Waals surface area contributed by atoms with Crippen LogP contribution in [0, 0.1) is 6.92 Å². The molecule has 3 heterocycles. The molecule has 4 rings (SSSR count). The largest absolute Gasteiger partial charge is 0.353 e. The van der Waals surface area contributed by atoms with E-state index in [1.165, 1.54) is 0 Å². The summed E-state index contributed by atoms with van der Waals surface area (Å²) >= 11 is 0. The van der Waals surface area contributed by atoms with Crippen LogP contribution in [0.15, 0.2) is 48.8 Å². The van der Waals surface area contributed by atoms with Gasteiger partial charge in [-0.25, -0.2) is 4.98 Å². The SMILES string of the molecule is CNCCNC(=O)Cn1cc2cc(NC(=O)c3cccc(-c4cn(C)nc4C)n3)ccc2n1. The average molecular weight is 447 g/mol. The molecule has 0 atom stereocenters. The monoisotopic (exact) mass is 446 g/mol. The predicted octanol–water partition coefficient (Wildman–Crippen LogP) is 1.73. The Morgan fingerprint density at radius 3 is 2.67 bits per heavy atom. The fourth-order valence-electron chi connectivity index (χ4n) is 3.52. The summed E-state index contributed by atoms with van der Waals surface area (Å²) < 4.78 is 3.31. The van der Waals surface area contributed by atoms with Gasteiger partial charge in [-0.3, -0.25) is 19.0 Å². The lowest BCUT2D eigenvalue weighted by Gasteiger charge is -2.06. The highest BCUT2D eigenvalue weighted by Crippen LogP contribution is 2.22. The lowest BCUT2D eigenvalue weighted by Crippen LogP contribution is -2.33. The molecule has 1 aromatic carbocycles. The first-order chi connectivity index (χ1) is 15.9. The second-order valence-corrected chi connectivity index (χ2v) is 7.72. The number of nitrogens with one attached hydrogen (secondary N) is 3. The van der Waals surface area contributed by atoms with Crippen molar-refractivity contribution in [3.05, 3.63) is 60.2 Å². The quantitative estimate of drug-likeness (QED) is 0.355. The van der Waals surface area contributed by atoms with Gasteiger partial charge in [0.1, 0.15) is 12.2 Å².